The molecule has 6 heteroatoms. The van der Waals surface area contributed by atoms with E-state index in [0.717, 1.165) is 43.4 Å². The van der Waals surface area contributed by atoms with Crippen LogP contribution < -0.4 is 4.90 Å². The largest absolute Gasteiger partial charge is 0.416 e. The first-order chi connectivity index (χ1) is 13.9. The summed E-state index contributed by atoms with van der Waals surface area (Å²) in [5.74, 6) is 0. The number of carbonyl (C=O) groups excluding carboxylic acids is 1. The topological polar surface area (TPSA) is 23.6 Å². The number of hydrogen-bond acceptors (Lipinski definition) is 1. The lowest BCUT2D eigenvalue weighted by Gasteiger charge is -2.38. The lowest BCUT2D eigenvalue weighted by molar-refractivity contribution is -0.137. The Morgan fingerprint density at radius 3 is 2.24 bits per heavy atom. The lowest BCUT2D eigenvalue weighted by atomic mass is 10.0. The van der Waals surface area contributed by atoms with Gasteiger partial charge >= 0.3 is 12.2 Å². The molecular formula is C23H25F3N2O. The third-order valence-corrected chi connectivity index (χ3v) is 5.07. The molecule has 0 bridgehead atoms. The molecule has 0 saturated carbocycles. The maximum Gasteiger partial charge on any atom is 0.416 e. The van der Waals surface area contributed by atoms with Crippen LogP contribution in [0.15, 0.2) is 66.9 Å². The van der Waals surface area contributed by atoms with Crippen molar-refractivity contribution in [3.05, 3.63) is 78.0 Å². The van der Waals surface area contributed by atoms with Crippen LogP contribution in [-0.4, -0.2) is 17.5 Å². The van der Waals surface area contributed by atoms with Crippen molar-refractivity contribution in [3.8, 4) is 0 Å². The second-order valence-corrected chi connectivity index (χ2v) is 7.15. The summed E-state index contributed by atoms with van der Waals surface area (Å²) in [5.41, 5.74) is 0.706. The maximum absolute atomic E-state index is 13.2. The van der Waals surface area contributed by atoms with Gasteiger partial charge in [0.05, 0.1) is 17.3 Å². The second-order valence-electron chi connectivity index (χ2n) is 7.15. The molecule has 1 aliphatic heterocycles. The summed E-state index contributed by atoms with van der Waals surface area (Å²) in [6.07, 6.45) is 3.32. The SMILES string of the molecule is CCCCCCN1C(=O)N(c2ccc(C(F)(F)F)cc2)C=C[C@@H]1c1ccccc1. The van der Waals surface area contributed by atoms with E-state index in [1.807, 2.05) is 36.4 Å². The van der Waals surface area contributed by atoms with Crippen molar-refractivity contribution in [3.63, 3.8) is 0 Å². The van der Waals surface area contributed by atoms with Crippen molar-refractivity contribution in [1.29, 1.82) is 0 Å². The van der Waals surface area contributed by atoms with Crippen molar-refractivity contribution in [2.45, 2.75) is 44.8 Å². The average Bonchev–Trinajstić information content (AvgIpc) is 2.72. The van der Waals surface area contributed by atoms with Crippen LogP contribution in [0, 0.1) is 0 Å². The third kappa shape index (κ3) is 5.00. The van der Waals surface area contributed by atoms with E-state index in [-0.39, 0.29) is 12.1 Å². The van der Waals surface area contributed by atoms with E-state index in [1.54, 1.807) is 11.1 Å². The lowest BCUT2D eigenvalue weighted by Crippen LogP contribution is -2.46. The van der Waals surface area contributed by atoms with Gasteiger partial charge in [-0.1, -0.05) is 56.5 Å². The van der Waals surface area contributed by atoms with Gasteiger partial charge < -0.3 is 4.90 Å². The molecule has 29 heavy (non-hydrogen) atoms. The summed E-state index contributed by atoms with van der Waals surface area (Å²) < 4.78 is 38.5. The number of rotatable bonds is 7. The number of amides is 2. The predicted octanol–water partition coefficient (Wildman–Crippen LogP) is 6.78. The standard InChI is InChI=1S/C23H25F3N2O/c1-2-3-4-8-16-28-21(18-9-6-5-7-10-18)15-17-27(22(28)29)20-13-11-19(12-14-20)23(24,25)26/h5-7,9-15,17,21H,2-4,8,16H2,1H3/t21-/m1/s1. The van der Waals surface area contributed by atoms with Crippen LogP contribution in [0.5, 0.6) is 0 Å². The Hall–Kier alpha value is -2.76. The number of hydrogen-bond donors (Lipinski definition) is 0. The fraction of sp³-hybridized carbons (Fsp3) is 0.348. The molecule has 154 valence electrons. The first-order valence-electron chi connectivity index (χ1n) is 9.92. The van der Waals surface area contributed by atoms with E-state index in [4.69, 9.17) is 0 Å². The zero-order valence-electron chi connectivity index (χ0n) is 16.4. The normalized spacial score (nSPS) is 17.1. The predicted molar refractivity (Wildman–Crippen MR) is 108 cm³/mol. The quantitative estimate of drug-likeness (QED) is 0.468. The first kappa shape index (κ1) is 21.0. The smallest absolute Gasteiger partial charge is 0.313 e. The summed E-state index contributed by atoms with van der Waals surface area (Å²) in [6.45, 7) is 2.73. The zero-order chi connectivity index (χ0) is 20.9. The van der Waals surface area contributed by atoms with Crippen LogP contribution in [0.25, 0.3) is 0 Å². The number of carbonyl (C=O) groups is 1. The van der Waals surface area contributed by atoms with E-state index in [0.29, 0.717) is 12.2 Å². The molecule has 2 aromatic carbocycles. The summed E-state index contributed by atoms with van der Waals surface area (Å²) in [5, 5.41) is 0. The molecule has 0 unspecified atom stereocenters. The number of unbranched alkanes of at least 4 members (excludes halogenated alkanes) is 3. The molecule has 2 aromatic rings. The van der Waals surface area contributed by atoms with E-state index in [1.165, 1.54) is 17.0 Å². The zero-order valence-corrected chi connectivity index (χ0v) is 16.4. The Morgan fingerprint density at radius 1 is 0.931 bits per heavy atom. The van der Waals surface area contributed by atoms with Crippen molar-refractivity contribution in [2.24, 2.45) is 0 Å². The van der Waals surface area contributed by atoms with Gasteiger partial charge in [-0.25, -0.2) is 4.79 Å². The Balaban J connectivity index is 1.85. The van der Waals surface area contributed by atoms with Gasteiger partial charge in [0.1, 0.15) is 0 Å². The Labute approximate surface area is 169 Å². The van der Waals surface area contributed by atoms with E-state index < -0.39 is 11.7 Å². The highest BCUT2D eigenvalue weighted by molar-refractivity contribution is 5.95. The van der Waals surface area contributed by atoms with Gasteiger partial charge in [0.25, 0.3) is 0 Å². The Morgan fingerprint density at radius 2 is 1.62 bits per heavy atom. The highest BCUT2D eigenvalue weighted by Gasteiger charge is 2.33. The van der Waals surface area contributed by atoms with Crippen LogP contribution in [0.3, 0.4) is 0 Å². The summed E-state index contributed by atoms with van der Waals surface area (Å²) in [6, 6.07) is 14.0. The Bertz CT molecular complexity index is 831. The minimum Gasteiger partial charge on any atom is -0.313 e. The molecule has 0 radical (unpaired) electrons. The molecule has 0 fully saturated rings. The number of halogens is 3. The van der Waals surface area contributed by atoms with E-state index >= 15 is 0 Å². The molecular weight excluding hydrogens is 377 g/mol. The van der Waals surface area contributed by atoms with Gasteiger partial charge in [0.2, 0.25) is 0 Å². The van der Waals surface area contributed by atoms with Gasteiger partial charge in [0, 0.05) is 12.7 Å². The van der Waals surface area contributed by atoms with Crippen LogP contribution in [-0.2, 0) is 6.18 Å². The van der Waals surface area contributed by atoms with Gasteiger partial charge in [-0.3, -0.25) is 4.90 Å². The molecule has 0 saturated heterocycles. The molecule has 1 atom stereocenters. The molecule has 1 heterocycles. The summed E-state index contributed by atoms with van der Waals surface area (Å²) in [4.78, 5) is 16.4. The number of alkyl halides is 3. The Kier molecular flexibility index (Phi) is 6.62. The summed E-state index contributed by atoms with van der Waals surface area (Å²) in [7, 11) is 0. The third-order valence-electron chi connectivity index (χ3n) is 5.07. The number of anilines is 1. The van der Waals surface area contributed by atoms with Gasteiger partial charge in [-0.05, 0) is 42.3 Å². The molecule has 3 rings (SSSR count). The second kappa shape index (κ2) is 9.16. The maximum atomic E-state index is 13.2. The monoisotopic (exact) mass is 402 g/mol. The fourth-order valence-electron chi connectivity index (χ4n) is 3.49. The first-order valence-corrected chi connectivity index (χ1v) is 9.92. The van der Waals surface area contributed by atoms with E-state index in [9.17, 15) is 18.0 Å². The van der Waals surface area contributed by atoms with Crippen LogP contribution in [0.2, 0.25) is 0 Å². The minimum atomic E-state index is -4.40. The average molecular weight is 402 g/mol. The number of nitrogens with zero attached hydrogens (tertiary/aromatic N) is 2. The van der Waals surface area contributed by atoms with Gasteiger partial charge in [0.15, 0.2) is 0 Å². The van der Waals surface area contributed by atoms with E-state index in [2.05, 4.69) is 6.92 Å². The van der Waals surface area contributed by atoms with Crippen molar-refractivity contribution in [1.82, 2.24) is 4.90 Å². The highest BCUT2D eigenvalue weighted by Crippen LogP contribution is 2.33. The number of urea groups is 1. The van der Waals surface area contributed by atoms with Gasteiger partial charge in [-0.2, -0.15) is 13.2 Å². The van der Waals surface area contributed by atoms with Crippen molar-refractivity contribution >= 4 is 11.7 Å². The fourth-order valence-corrected chi connectivity index (χ4v) is 3.49. The van der Waals surface area contributed by atoms with Gasteiger partial charge in [-0.15, -0.1) is 0 Å². The molecule has 0 N–H and O–H groups in total. The molecule has 0 aliphatic carbocycles. The van der Waals surface area contributed by atoms with Crippen molar-refractivity contribution < 1.29 is 18.0 Å². The van der Waals surface area contributed by atoms with Crippen molar-refractivity contribution in [2.75, 3.05) is 11.4 Å². The summed E-state index contributed by atoms with van der Waals surface area (Å²) >= 11 is 0. The minimum absolute atomic E-state index is 0.184. The molecule has 3 nitrogen and oxygen atoms in total. The van der Waals surface area contributed by atoms with Crippen LogP contribution in [0.4, 0.5) is 23.7 Å². The molecule has 1 aliphatic rings. The molecule has 2 amide bonds. The number of benzene rings is 2. The molecule has 0 aromatic heterocycles. The molecule has 0 spiro atoms. The van der Waals surface area contributed by atoms with Crippen LogP contribution >= 0.6 is 0 Å². The highest BCUT2D eigenvalue weighted by atomic mass is 19.4. The van der Waals surface area contributed by atoms with Crippen LogP contribution in [0.1, 0.15) is 49.8 Å².